The SMILES string of the molecule is CCCCc1ccc(N=Cc2cccn2-c2ccc(Br)cc2)cc1. The summed E-state index contributed by atoms with van der Waals surface area (Å²) in [6.07, 6.45) is 7.59. The van der Waals surface area contributed by atoms with Crippen molar-refractivity contribution in [1.82, 2.24) is 4.57 Å². The lowest BCUT2D eigenvalue weighted by Crippen LogP contribution is -1.97. The molecule has 0 aliphatic heterocycles. The first-order valence-corrected chi connectivity index (χ1v) is 9.12. The van der Waals surface area contributed by atoms with E-state index in [-0.39, 0.29) is 0 Å². The van der Waals surface area contributed by atoms with Gasteiger partial charge in [-0.3, -0.25) is 4.99 Å². The van der Waals surface area contributed by atoms with Crippen LogP contribution in [-0.2, 0) is 6.42 Å². The summed E-state index contributed by atoms with van der Waals surface area (Å²) in [7, 11) is 0. The summed E-state index contributed by atoms with van der Waals surface area (Å²) in [6, 6.07) is 20.9. The molecule has 0 aliphatic rings. The van der Waals surface area contributed by atoms with Gasteiger partial charge in [0.1, 0.15) is 0 Å². The fourth-order valence-electron chi connectivity index (χ4n) is 2.61. The third-order valence-electron chi connectivity index (χ3n) is 3.99. The number of halogens is 1. The molecule has 1 heterocycles. The van der Waals surface area contributed by atoms with Crippen LogP contribution < -0.4 is 0 Å². The lowest BCUT2D eigenvalue weighted by atomic mass is 10.1. The predicted octanol–water partition coefficient (Wildman–Crippen LogP) is 6.33. The lowest BCUT2D eigenvalue weighted by Gasteiger charge is -2.06. The van der Waals surface area contributed by atoms with Crippen molar-refractivity contribution < 1.29 is 0 Å². The number of aliphatic imine (C=N–C) groups is 1. The zero-order valence-electron chi connectivity index (χ0n) is 13.8. The molecule has 0 saturated carbocycles. The third kappa shape index (κ3) is 4.24. The van der Waals surface area contributed by atoms with Gasteiger partial charge in [0.05, 0.1) is 17.6 Å². The van der Waals surface area contributed by atoms with Gasteiger partial charge >= 0.3 is 0 Å². The summed E-state index contributed by atoms with van der Waals surface area (Å²) in [6.45, 7) is 2.22. The zero-order chi connectivity index (χ0) is 16.8. The Balaban J connectivity index is 1.75. The van der Waals surface area contributed by atoms with Gasteiger partial charge in [-0.15, -0.1) is 0 Å². The largest absolute Gasteiger partial charge is 0.316 e. The minimum atomic E-state index is 0.985. The minimum absolute atomic E-state index is 0.985. The number of unbranched alkanes of at least 4 members (excludes halogenated alkanes) is 1. The van der Waals surface area contributed by atoms with E-state index in [0.717, 1.165) is 28.0 Å². The van der Waals surface area contributed by atoms with E-state index in [2.05, 4.69) is 81.1 Å². The second-order valence-electron chi connectivity index (χ2n) is 5.81. The molecule has 122 valence electrons. The maximum absolute atomic E-state index is 4.62. The predicted molar refractivity (Wildman–Crippen MR) is 106 cm³/mol. The first kappa shape index (κ1) is 16.7. The molecule has 0 amide bonds. The molecule has 3 heteroatoms. The summed E-state index contributed by atoms with van der Waals surface area (Å²) in [5.74, 6) is 0. The molecule has 0 spiro atoms. The molecule has 24 heavy (non-hydrogen) atoms. The van der Waals surface area contributed by atoms with Gasteiger partial charge in [0.15, 0.2) is 0 Å². The molecule has 0 fully saturated rings. The van der Waals surface area contributed by atoms with Crippen LogP contribution in [0, 0.1) is 0 Å². The fourth-order valence-corrected chi connectivity index (χ4v) is 2.87. The van der Waals surface area contributed by atoms with Crippen molar-refractivity contribution >= 4 is 27.8 Å². The number of benzene rings is 2. The van der Waals surface area contributed by atoms with Crippen LogP contribution in [0.2, 0.25) is 0 Å². The number of nitrogens with zero attached hydrogens (tertiary/aromatic N) is 2. The van der Waals surface area contributed by atoms with E-state index in [1.807, 2.05) is 24.4 Å². The van der Waals surface area contributed by atoms with Crippen molar-refractivity contribution in [2.24, 2.45) is 4.99 Å². The Labute approximate surface area is 152 Å². The monoisotopic (exact) mass is 380 g/mol. The van der Waals surface area contributed by atoms with Crippen molar-refractivity contribution in [2.75, 3.05) is 0 Å². The van der Waals surface area contributed by atoms with Gasteiger partial charge in [-0.05, 0) is 66.9 Å². The highest BCUT2D eigenvalue weighted by atomic mass is 79.9. The molecule has 3 rings (SSSR count). The van der Waals surface area contributed by atoms with E-state index in [4.69, 9.17) is 0 Å². The van der Waals surface area contributed by atoms with Crippen LogP contribution in [0.4, 0.5) is 5.69 Å². The molecule has 0 aliphatic carbocycles. The summed E-state index contributed by atoms with van der Waals surface area (Å²) >= 11 is 3.47. The number of hydrogen-bond donors (Lipinski definition) is 0. The average molecular weight is 381 g/mol. The van der Waals surface area contributed by atoms with Crippen LogP contribution in [0.5, 0.6) is 0 Å². The summed E-state index contributed by atoms with van der Waals surface area (Å²) in [5, 5.41) is 0. The highest BCUT2D eigenvalue weighted by Crippen LogP contribution is 2.18. The van der Waals surface area contributed by atoms with Crippen LogP contribution in [0.15, 0.2) is 76.3 Å². The Morgan fingerprint density at radius 1 is 1.00 bits per heavy atom. The molecule has 0 unspecified atom stereocenters. The molecule has 3 aromatic rings. The maximum atomic E-state index is 4.62. The summed E-state index contributed by atoms with van der Waals surface area (Å²) in [5.41, 5.74) is 4.56. The van der Waals surface area contributed by atoms with Crippen LogP contribution in [0.25, 0.3) is 5.69 Å². The number of hydrogen-bond acceptors (Lipinski definition) is 1. The standard InChI is InChI=1S/C21H21BrN2/c1-2-3-5-17-7-11-19(12-8-17)23-16-21-6-4-15-24(21)20-13-9-18(22)10-14-20/h4,6-16H,2-3,5H2,1H3. The van der Waals surface area contributed by atoms with Crippen LogP contribution in [0.1, 0.15) is 31.0 Å². The molecule has 0 bridgehead atoms. The molecule has 2 nitrogen and oxygen atoms in total. The van der Waals surface area contributed by atoms with E-state index in [1.165, 1.54) is 18.4 Å². The quantitative estimate of drug-likeness (QED) is 0.444. The zero-order valence-corrected chi connectivity index (χ0v) is 15.4. The van der Waals surface area contributed by atoms with Crippen molar-refractivity contribution in [3.05, 3.63) is 82.6 Å². The highest BCUT2D eigenvalue weighted by Gasteiger charge is 2.01. The molecule has 1 aromatic heterocycles. The van der Waals surface area contributed by atoms with Gasteiger partial charge in [-0.2, -0.15) is 0 Å². The van der Waals surface area contributed by atoms with Gasteiger partial charge in [0, 0.05) is 16.4 Å². The smallest absolute Gasteiger partial charge is 0.0639 e. The van der Waals surface area contributed by atoms with Crippen molar-refractivity contribution in [2.45, 2.75) is 26.2 Å². The molecule has 0 saturated heterocycles. The highest BCUT2D eigenvalue weighted by molar-refractivity contribution is 9.10. The Bertz CT molecular complexity index is 799. The van der Waals surface area contributed by atoms with Crippen LogP contribution in [0.3, 0.4) is 0 Å². The molecule has 2 aromatic carbocycles. The van der Waals surface area contributed by atoms with E-state index >= 15 is 0 Å². The van der Waals surface area contributed by atoms with Gasteiger partial charge in [-0.25, -0.2) is 0 Å². The van der Waals surface area contributed by atoms with Crippen LogP contribution in [-0.4, -0.2) is 10.8 Å². The number of rotatable bonds is 6. The van der Waals surface area contributed by atoms with E-state index in [0.29, 0.717) is 0 Å². The summed E-state index contributed by atoms with van der Waals surface area (Å²) in [4.78, 5) is 4.62. The molecule has 0 atom stereocenters. The van der Waals surface area contributed by atoms with E-state index in [1.54, 1.807) is 0 Å². The van der Waals surface area contributed by atoms with Crippen LogP contribution >= 0.6 is 15.9 Å². The Morgan fingerprint density at radius 3 is 2.46 bits per heavy atom. The molecular weight excluding hydrogens is 360 g/mol. The average Bonchev–Trinajstić information content (AvgIpc) is 3.08. The second-order valence-corrected chi connectivity index (χ2v) is 6.72. The number of aromatic nitrogens is 1. The molecular formula is C21H21BrN2. The van der Waals surface area contributed by atoms with Crippen molar-refractivity contribution in [1.29, 1.82) is 0 Å². The normalized spacial score (nSPS) is 11.2. The first-order valence-electron chi connectivity index (χ1n) is 8.32. The Kier molecular flexibility index (Phi) is 5.65. The topological polar surface area (TPSA) is 17.3 Å². The van der Waals surface area contributed by atoms with Crippen molar-refractivity contribution in [3.63, 3.8) is 0 Å². The number of aryl methyl sites for hydroxylation is 1. The first-order chi connectivity index (χ1) is 11.8. The molecule has 0 radical (unpaired) electrons. The summed E-state index contributed by atoms with van der Waals surface area (Å²) < 4.78 is 3.21. The van der Waals surface area contributed by atoms with E-state index in [9.17, 15) is 0 Å². The second kappa shape index (κ2) is 8.11. The van der Waals surface area contributed by atoms with Gasteiger partial charge < -0.3 is 4.57 Å². The Hall–Kier alpha value is -2.13. The van der Waals surface area contributed by atoms with Crippen molar-refractivity contribution in [3.8, 4) is 5.69 Å². The Morgan fingerprint density at radius 2 is 1.75 bits per heavy atom. The maximum Gasteiger partial charge on any atom is 0.0639 e. The minimum Gasteiger partial charge on any atom is -0.316 e. The fraction of sp³-hybridized carbons (Fsp3) is 0.190. The van der Waals surface area contributed by atoms with Gasteiger partial charge in [0.25, 0.3) is 0 Å². The third-order valence-corrected chi connectivity index (χ3v) is 4.51. The lowest BCUT2D eigenvalue weighted by molar-refractivity contribution is 0.795. The molecule has 0 N–H and O–H groups in total. The van der Waals surface area contributed by atoms with E-state index < -0.39 is 0 Å². The van der Waals surface area contributed by atoms with Gasteiger partial charge in [-0.1, -0.05) is 41.4 Å². The van der Waals surface area contributed by atoms with Gasteiger partial charge in [0.2, 0.25) is 0 Å².